The van der Waals surface area contributed by atoms with Crippen LogP contribution in [0.3, 0.4) is 0 Å². The number of hydrogen-bond donors (Lipinski definition) is 0. The SMILES string of the molecule is c1ccc(-c2cccc(-c3ccc(-c4cccc(-c5nc(-c6ccccc6)nc(-c6cc(-c7ccccc7)ccc6-n6c7ccccc7c7ccccc76)n5)c4)c(-n4c5ccccc5c5ccccc54)c3)c2)cc1. The van der Waals surface area contributed by atoms with Gasteiger partial charge < -0.3 is 9.13 Å². The van der Waals surface area contributed by atoms with E-state index in [4.69, 9.17) is 15.0 Å². The highest BCUT2D eigenvalue weighted by Gasteiger charge is 2.22. The molecule has 14 aromatic rings. The fourth-order valence-corrected chi connectivity index (χ4v) is 10.9. The lowest BCUT2D eigenvalue weighted by molar-refractivity contribution is 1.06. The molecule has 0 aliphatic carbocycles. The highest BCUT2D eigenvalue weighted by Crippen LogP contribution is 2.42. The van der Waals surface area contributed by atoms with Crippen LogP contribution in [0, 0.1) is 0 Å². The summed E-state index contributed by atoms with van der Waals surface area (Å²) < 4.78 is 4.79. The minimum absolute atomic E-state index is 0.585. The van der Waals surface area contributed by atoms with Crippen LogP contribution in [0.1, 0.15) is 0 Å². The Balaban J connectivity index is 0.982. The molecule has 3 heterocycles. The van der Waals surface area contributed by atoms with Crippen LogP contribution in [0.15, 0.2) is 273 Å². The minimum atomic E-state index is 0.585. The Labute approximate surface area is 428 Å². The summed E-state index contributed by atoms with van der Waals surface area (Å²) in [5.74, 6) is 1.77. The van der Waals surface area contributed by atoms with E-state index in [1.165, 1.54) is 32.7 Å². The number of nitrogens with zero attached hydrogens (tertiary/aromatic N) is 5. The molecule has 0 fully saturated rings. The van der Waals surface area contributed by atoms with E-state index in [9.17, 15) is 0 Å². The van der Waals surface area contributed by atoms with Crippen LogP contribution in [-0.4, -0.2) is 24.1 Å². The van der Waals surface area contributed by atoms with Crippen molar-refractivity contribution in [3.05, 3.63) is 273 Å². The summed E-state index contributed by atoms with van der Waals surface area (Å²) in [6.07, 6.45) is 0. The van der Waals surface area contributed by atoms with Crippen LogP contribution >= 0.6 is 0 Å². The number of benzene rings is 11. The number of hydrogen-bond acceptors (Lipinski definition) is 3. The zero-order chi connectivity index (χ0) is 49.0. The largest absolute Gasteiger partial charge is 0.309 e. The average Bonchev–Trinajstić information content (AvgIpc) is 4.00. The summed E-state index contributed by atoms with van der Waals surface area (Å²) in [6, 6.07) is 97.2. The molecule has 0 spiro atoms. The molecule has 5 nitrogen and oxygen atoms in total. The highest BCUT2D eigenvalue weighted by molar-refractivity contribution is 6.11. The van der Waals surface area contributed by atoms with Crippen molar-refractivity contribution in [3.8, 4) is 90.0 Å². The fourth-order valence-electron chi connectivity index (χ4n) is 10.9. The van der Waals surface area contributed by atoms with E-state index < -0.39 is 0 Å². The van der Waals surface area contributed by atoms with Crippen molar-refractivity contribution < 1.29 is 0 Å². The fraction of sp³-hybridized carbons (Fsp3) is 0. The predicted octanol–water partition coefficient (Wildman–Crippen LogP) is 17.7. The third kappa shape index (κ3) is 7.46. The van der Waals surface area contributed by atoms with Crippen LogP contribution in [0.25, 0.3) is 134 Å². The predicted molar refractivity (Wildman–Crippen MR) is 307 cm³/mol. The second-order valence-electron chi connectivity index (χ2n) is 18.8. The Hall–Kier alpha value is -9.97. The van der Waals surface area contributed by atoms with Gasteiger partial charge in [-0.25, -0.2) is 15.0 Å². The normalized spacial score (nSPS) is 11.5. The molecule has 0 unspecified atom stereocenters. The van der Waals surface area contributed by atoms with Crippen molar-refractivity contribution in [1.29, 1.82) is 0 Å². The number of rotatable bonds is 9. The van der Waals surface area contributed by atoms with Crippen molar-refractivity contribution in [2.24, 2.45) is 0 Å². The molecule has 0 saturated heterocycles. The molecule has 0 amide bonds. The first kappa shape index (κ1) is 42.9. The first-order valence-corrected chi connectivity index (χ1v) is 25.1. The molecule has 14 rings (SSSR count). The number of fused-ring (bicyclic) bond motifs is 6. The molecule has 346 valence electrons. The summed E-state index contributed by atoms with van der Waals surface area (Å²) in [5.41, 5.74) is 18.2. The molecule has 0 aliphatic rings. The second kappa shape index (κ2) is 18.0. The molecule has 0 radical (unpaired) electrons. The van der Waals surface area contributed by atoms with Gasteiger partial charge >= 0.3 is 0 Å². The summed E-state index contributed by atoms with van der Waals surface area (Å²) in [7, 11) is 0. The van der Waals surface area contributed by atoms with Gasteiger partial charge in [0.2, 0.25) is 0 Å². The lowest BCUT2D eigenvalue weighted by atomic mass is 9.95. The Kier molecular flexibility index (Phi) is 10.4. The van der Waals surface area contributed by atoms with Crippen molar-refractivity contribution >= 4 is 43.6 Å². The highest BCUT2D eigenvalue weighted by atomic mass is 15.1. The Morgan fingerprint density at radius 2 is 0.568 bits per heavy atom. The van der Waals surface area contributed by atoms with Gasteiger partial charge in [0.05, 0.1) is 33.4 Å². The van der Waals surface area contributed by atoms with E-state index in [0.29, 0.717) is 17.5 Å². The monoisotopic (exact) mass is 943 g/mol. The maximum atomic E-state index is 5.50. The quantitative estimate of drug-likeness (QED) is 0.145. The summed E-state index contributed by atoms with van der Waals surface area (Å²) in [4.78, 5) is 16.2. The van der Waals surface area contributed by atoms with Gasteiger partial charge in [-0.05, 0) is 93.5 Å². The zero-order valence-electron chi connectivity index (χ0n) is 40.2. The molecular formula is C69H45N5. The van der Waals surface area contributed by atoms with E-state index in [1.807, 2.05) is 18.2 Å². The molecule has 11 aromatic carbocycles. The van der Waals surface area contributed by atoms with Crippen LogP contribution in [0.4, 0.5) is 0 Å². The summed E-state index contributed by atoms with van der Waals surface area (Å²) in [6.45, 7) is 0. The van der Waals surface area contributed by atoms with Gasteiger partial charge in [0.1, 0.15) is 0 Å². The maximum Gasteiger partial charge on any atom is 0.166 e. The van der Waals surface area contributed by atoms with Gasteiger partial charge in [0.25, 0.3) is 0 Å². The van der Waals surface area contributed by atoms with Gasteiger partial charge in [-0.3, -0.25) is 0 Å². The lowest BCUT2D eigenvalue weighted by Crippen LogP contribution is -2.04. The van der Waals surface area contributed by atoms with E-state index in [1.54, 1.807) is 0 Å². The molecule has 0 N–H and O–H groups in total. The van der Waals surface area contributed by atoms with Gasteiger partial charge in [-0.1, -0.05) is 218 Å². The van der Waals surface area contributed by atoms with Crippen LogP contribution < -0.4 is 0 Å². The molecule has 3 aromatic heterocycles. The Morgan fingerprint density at radius 1 is 0.203 bits per heavy atom. The number of para-hydroxylation sites is 4. The van der Waals surface area contributed by atoms with Crippen LogP contribution in [0.5, 0.6) is 0 Å². The van der Waals surface area contributed by atoms with E-state index in [-0.39, 0.29) is 0 Å². The molecule has 0 atom stereocenters. The maximum absolute atomic E-state index is 5.50. The second-order valence-corrected chi connectivity index (χ2v) is 18.8. The number of aromatic nitrogens is 5. The molecule has 0 saturated carbocycles. The van der Waals surface area contributed by atoms with E-state index in [2.05, 4.69) is 264 Å². The third-order valence-corrected chi connectivity index (χ3v) is 14.4. The van der Waals surface area contributed by atoms with Gasteiger partial charge in [-0.2, -0.15) is 0 Å². The van der Waals surface area contributed by atoms with E-state index >= 15 is 0 Å². The van der Waals surface area contributed by atoms with E-state index in [0.717, 1.165) is 83.5 Å². The van der Waals surface area contributed by atoms with Crippen molar-refractivity contribution in [3.63, 3.8) is 0 Å². The molecule has 74 heavy (non-hydrogen) atoms. The Bertz CT molecular complexity index is 4310. The van der Waals surface area contributed by atoms with Gasteiger partial charge in [-0.15, -0.1) is 0 Å². The smallest absolute Gasteiger partial charge is 0.166 e. The molecule has 0 bridgehead atoms. The van der Waals surface area contributed by atoms with Crippen LogP contribution in [0.2, 0.25) is 0 Å². The minimum Gasteiger partial charge on any atom is -0.309 e. The van der Waals surface area contributed by atoms with Crippen molar-refractivity contribution in [2.75, 3.05) is 0 Å². The van der Waals surface area contributed by atoms with Crippen molar-refractivity contribution in [1.82, 2.24) is 24.1 Å². The van der Waals surface area contributed by atoms with Crippen molar-refractivity contribution in [2.45, 2.75) is 0 Å². The lowest BCUT2D eigenvalue weighted by Gasteiger charge is -2.18. The van der Waals surface area contributed by atoms with Gasteiger partial charge in [0.15, 0.2) is 17.5 Å². The standard InChI is InChI=1S/C69H45N5/c1-4-20-46(21-5-1)49-26-18-27-50(42-49)52-38-40-55(66(45-52)74-63-36-16-12-32-58(63)59-33-13-17-37-64(59)74)53-28-19-29-54(43-53)68-70-67(48-24-8-3-9-25-48)71-69(72-68)60-44-51(47-22-6-2-7-23-47)39-41-65(60)73-61-34-14-10-30-56(61)57-31-11-15-35-62(57)73/h1-45H. The van der Waals surface area contributed by atoms with Crippen LogP contribution in [-0.2, 0) is 0 Å². The topological polar surface area (TPSA) is 48.5 Å². The molecule has 5 heteroatoms. The zero-order valence-corrected chi connectivity index (χ0v) is 40.2. The first-order chi connectivity index (χ1) is 36.7. The summed E-state index contributed by atoms with van der Waals surface area (Å²) in [5, 5.41) is 4.80. The Morgan fingerprint density at radius 3 is 1.12 bits per heavy atom. The molecule has 0 aliphatic heterocycles. The third-order valence-electron chi connectivity index (χ3n) is 14.4. The van der Waals surface area contributed by atoms with Gasteiger partial charge in [0, 0.05) is 43.8 Å². The molecular weight excluding hydrogens is 899 g/mol. The first-order valence-electron chi connectivity index (χ1n) is 25.1. The average molecular weight is 944 g/mol. The summed E-state index contributed by atoms with van der Waals surface area (Å²) >= 11 is 0.